The predicted molar refractivity (Wildman–Crippen MR) is 114 cm³/mol. The lowest BCUT2D eigenvalue weighted by atomic mass is 10.0. The van der Waals surface area contributed by atoms with Crippen LogP contribution < -0.4 is 11.1 Å². The number of nitrogens with one attached hydrogen (secondary N) is 1. The Labute approximate surface area is 164 Å². The van der Waals surface area contributed by atoms with Crippen LogP contribution in [0.15, 0.2) is 29.3 Å². The number of halogens is 1. The molecular formula is C19H33IN4. The quantitative estimate of drug-likeness (QED) is 0.399. The van der Waals surface area contributed by atoms with E-state index in [2.05, 4.69) is 60.2 Å². The Balaban J connectivity index is 0.00000288. The van der Waals surface area contributed by atoms with E-state index in [9.17, 15) is 0 Å². The number of nitrogens with zero attached hydrogens (tertiary/aromatic N) is 2. The molecule has 0 bridgehead atoms. The lowest BCUT2D eigenvalue weighted by Crippen LogP contribution is -2.36. The molecule has 1 fully saturated rings. The molecule has 1 aromatic carbocycles. The van der Waals surface area contributed by atoms with E-state index < -0.39 is 0 Å². The van der Waals surface area contributed by atoms with Gasteiger partial charge < -0.3 is 11.1 Å². The molecule has 0 spiro atoms. The van der Waals surface area contributed by atoms with Crippen molar-refractivity contribution in [2.45, 2.75) is 59.2 Å². The molecule has 1 atom stereocenters. The van der Waals surface area contributed by atoms with E-state index in [-0.39, 0.29) is 24.0 Å². The molecule has 0 amide bonds. The highest BCUT2D eigenvalue weighted by Crippen LogP contribution is 2.19. The van der Waals surface area contributed by atoms with Crippen molar-refractivity contribution in [3.63, 3.8) is 0 Å². The van der Waals surface area contributed by atoms with Gasteiger partial charge in [-0.3, -0.25) is 4.90 Å². The largest absolute Gasteiger partial charge is 0.370 e. The van der Waals surface area contributed by atoms with Crippen LogP contribution in [-0.4, -0.2) is 30.0 Å². The van der Waals surface area contributed by atoms with E-state index in [1.165, 1.54) is 36.9 Å². The lowest BCUT2D eigenvalue weighted by molar-refractivity contribution is 0.152. The van der Waals surface area contributed by atoms with Crippen molar-refractivity contribution in [1.82, 2.24) is 10.2 Å². The first-order valence-corrected chi connectivity index (χ1v) is 8.90. The molecule has 0 saturated carbocycles. The molecule has 24 heavy (non-hydrogen) atoms. The first-order chi connectivity index (χ1) is 11.0. The maximum absolute atomic E-state index is 5.87. The molecule has 0 aliphatic carbocycles. The Kier molecular flexibility index (Phi) is 9.66. The van der Waals surface area contributed by atoms with Crippen molar-refractivity contribution < 1.29 is 0 Å². The van der Waals surface area contributed by atoms with Crippen LogP contribution in [0.4, 0.5) is 0 Å². The molecule has 3 N–H and O–H groups in total. The Hall–Kier alpha value is -0.820. The minimum Gasteiger partial charge on any atom is -0.370 e. The van der Waals surface area contributed by atoms with Crippen molar-refractivity contribution in [1.29, 1.82) is 0 Å². The number of aliphatic imine (C=N–C) groups is 1. The highest BCUT2D eigenvalue weighted by atomic mass is 127. The van der Waals surface area contributed by atoms with Gasteiger partial charge in [0, 0.05) is 19.1 Å². The van der Waals surface area contributed by atoms with Crippen LogP contribution in [0.1, 0.15) is 51.2 Å². The first kappa shape index (κ1) is 21.2. The smallest absolute Gasteiger partial charge is 0.188 e. The van der Waals surface area contributed by atoms with E-state index in [4.69, 9.17) is 5.73 Å². The van der Waals surface area contributed by atoms with Gasteiger partial charge >= 0.3 is 0 Å². The summed E-state index contributed by atoms with van der Waals surface area (Å²) in [5.41, 5.74) is 8.46. The Morgan fingerprint density at radius 2 is 1.92 bits per heavy atom. The van der Waals surface area contributed by atoms with Crippen molar-refractivity contribution in [3.05, 3.63) is 35.4 Å². The average molecular weight is 444 g/mol. The second kappa shape index (κ2) is 10.9. The number of hydrogen-bond acceptors (Lipinski definition) is 2. The van der Waals surface area contributed by atoms with Gasteiger partial charge in [-0.15, -0.1) is 24.0 Å². The zero-order valence-corrected chi connectivity index (χ0v) is 17.6. The van der Waals surface area contributed by atoms with Crippen LogP contribution in [0.2, 0.25) is 0 Å². The van der Waals surface area contributed by atoms with E-state index in [0.29, 0.717) is 24.5 Å². The molecule has 1 aromatic rings. The van der Waals surface area contributed by atoms with Gasteiger partial charge in [0.1, 0.15) is 0 Å². The fourth-order valence-corrected chi connectivity index (χ4v) is 2.92. The molecule has 1 aliphatic heterocycles. The summed E-state index contributed by atoms with van der Waals surface area (Å²) in [7, 11) is 0. The summed E-state index contributed by atoms with van der Waals surface area (Å²) in [5.74, 6) is 1.10. The molecular weight excluding hydrogens is 411 g/mol. The van der Waals surface area contributed by atoms with E-state index in [0.717, 1.165) is 13.1 Å². The number of benzene rings is 1. The fourth-order valence-electron chi connectivity index (χ4n) is 2.92. The summed E-state index contributed by atoms with van der Waals surface area (Å²) in [6, 6.07) is 9.50. The molecule has 2 rings (SSSR count). The molecule has 1 unspecified atom stereocenters. The minimum atomic E-state index is 0. The fraction of sp³-hybridized carbons (Fsp3) is 0.632. The van der Waals surface area contributed by atoms with Crippen molar-refractivity contribution in [2.24, 2.45) is 16.6 Å². The van der Waals surface area contributed by atoms with Crippen LogP contribution in [0.3, 0.4) is 0 Å². The van der Waals surface area contributed by atoms with E-state index >= 15 is 0 Å². The maximum atomic E-state index is 5.87. The maximum Gasteiger partial charge on any atom is 0.188 e. The number of rotatable bonds is 6. The van der Waals surface area contributed by atoms with Gasteiger partial charge in [-0.1, -0.05) is 44.5 Å². The molecule has 0 aromatic heterocycles. The van der Waals surface area contributed by atoms with Gasteiger partial charge in [-0.25, -0.2) is 4.99 Å². The monoisotopic (exact) mass is 444 g/mol. The number of nitrogens with two attached hydrogens (primary N) is 1. The summed E-state index contributed by atoms with van der Waals surface area (Å²) < 4.78 is 0. The first-order valence-electron chi connectivity index (χ1n) is 8.90. The third-order valence-electron chi connectivity index (χ3n) is 4.47. The zero-order valence-electron chi connectivity index (χ0n) is 15.3. The van der Waals surface area contributed by atoms with Crippen LogP contribution in [0.25, 0.3) is 0 Å². The van der Waals surface area contributed by atoms with Crippen molar-refractivity contribution >= 4 is 29.9 Å². The van der Waals surface area contributed by atoms with Gasteiger partial charge in [0.25, 0.3) is 0 Å². The summed E-state index contributed by atoms with van der Waals surface area (Å²) in [6.45, 7) is 10.4. The van der Waals surface area contributed by atoms with Gasteiger partial charge in [-0.2, -0.15) is 0 Å². The van der Waals surface area contributed by atoms with Gasteiger partial charge in [0.15, 0.2) is 5.96 Å². The summed E-state index contributed by atoms with van der Waals surface area (Å²) in [5, 5.41) is 3.14. The second-order valence-corrected chi connectivity index (χ2v) is 7.11. The van der Waals surface area contributed by atoms with Crippen molar-refractivity contribution in [2.75, 3.05) is 13.1 Å². The minimum absolute atomic E-state index is 0. The Morgan fingerprint density at radius 3 is 2.54 bits per heavy atom. The molecule has 1 heterocycles. The van der Waals surface area contributed by atoms with Gasteiger partial charge in [-0.05, 0) is 43.4 Å². The topological polar surface area (TPSA) is 53.6 Å². The highest BCUT2D eigenvalue weighted by molar-refractivity contribution is 14.0. The van der Waals surface area contributed by atoms with Crippen LogP contribution in [0, 0.1) is 5.92 Å². The van der Waals surface area contributed by atoms with Crippen LogP contribution in [-0.2, 0) is 13.1 Å². The summed E-state index contributed by atoms with van der Waals surface area (Å²) >= 11 is 0. The molecule has 1 saturated heterocycles. The van der Waals surface area contributed by atoms with Gasteiger partial charge in [0.2, 0.25) is 0 Å². The number of guanidine groups is 1. The highest BCUT2D eigenvalue weighted by Gasteiger charge is 2.17. The Bertz CT molecular complexity index is 499. The number of hydrogen-bond donors (Lipinski definition) is 2. The molecule has 136 valence electrons. The second-order valence-electron chi connectivity index (χ2n) is 7.11. The summed E-state index contributed by atoms with van der Waals surface area (Å²) in [6.07, 6.45) is 4.04. The molecule has 1 aliphatic rings. The number of likely N-dealkylation sites (tertiary alicyclic amines) is 1. The van der Waals surface area contributed by atoms with Crippen LogP contribution in [0.5, 0.6) is 0 Å². The SMILES string of the molecule is CC(C)CNC(N)=NCc1ccc(CN2CCCCC2C)cc1.I. The Morgan fingerprint density at radius 1 is 1.25 bits per heavy atom. The van der Waals surface area contributed by atoms with E-state index in [1.54, 1.807) is 0 Å². The standard InChI is InChI=1S/C19H32N4.HI/c1-15(2)12-21-19(20)22-13-17-7-9-18(10-8-17)14-23-11-5-4-6-16(23)3;/h7-10,15-16H,4-6,11-14H2,1-3H3,(H3,20,21,22);1H. The third-order valence-corrected chi connectivity index (χ3v) is 4.47. The predicted octanol–water partition coefficient (Wildman–Crippen LogP) is 3.74. The normalized spacial score (nSPS) is 19.2. The molecule has 4 nitrogen and oxygen atoms in total. The van der Waals surface area contributed by atoms with Gasteiger partial charge in [0.05, 0.1) is 6.54 Å². The average Bonchev–Trinajstić information content (AvgIpc) is 2.54. The molecule has 0 radical (unpaired) electrons. The lowest BCUT2D eigenvalue weighted by Gasteiger charge is -2.33. The van der Waals surface area contributed by atoms with Crippen molar-refractivity contribution in [3.8, 4) is 0 Å². The van der Waals surface area contributed by atoms with E-state index in [1.807, 2.05) is 0 Å². The zero-order chi connectivity index (χ0) is 16.7. The number of piperidine rings is 1. The summed E-state index contributed by atoms with van der Waals surface area (Å²) in [4.78, 5) is 6.98. The third kappa shape index (κ3) is 7.38. The molecule has 5 heteroatoms. The van der Waals surface area contributed by atoms with Crippen LogP contribution >= 0.6 is 24.0 Å².